The van der Waals surface area contributed by atoms with E-state index in [0.29, 0.717) is 6.42 Å². The Bertz CT molecular complexity index is 1350. The highest BCUT2D eigenvalue weighted by Crippen LogP contribution is 2.23. The number of hydrogen-bond donors (Lipinski definition) is 6. The van der Waals surface area contributed by atoms with Crippen molar-refractivity contribution in [3.05, 3.63) is 58.7 Å². The zero-order valence-electron chi connectivity index (χ0n) is 30.9. The van der Waals surface area contributed by atoms with E-state index in [1.807, 2.05) is 6.07 Å². The molecule has 0 aromatic heterocycles. The first-order chi connectivity index (χ1) is 24.1. The number of aryl methyl sites for hydroxylation is 2. The summed E-state index contributed by atoms with van der Waals surface area (Å²) in [6, 6.07) is 9.91. The van der Waals surface area contributed by atoms with Crippen LogP contribution in [0.2, 0.25) is 0 Å². The summed E-state index contributed by atoms with van der Waals surface area (Å²) in [4.78, 5) is 52.2. The second-order valence-electron chi connectivity index (χ2n) is 13.6. The molecule has 0 heterocycles. The minimum Gasteiger partial charge on any atom is -0.507 e. The van der Waals surface area contributed by atoms with E-state index in [4.69, 9.17) is 0 Å². The molecule has 4 amide bonds. The minimum atomic E-state index is -0.644. The molecular formula is C40H62N4O6. The summed E-state index contributed by atoms with van der Waals surface area (Å²) in [5, 5.41) is 20.7. The van der Waals surface area contributed by atoms with Gasteiger partial charge in [0.2, 0.25) is 11.8 Å². The number of unbranched alkanes of at least 4 members (excludes halogenated alkanes) is 11. The second kappa shape index (κ2) is 24.1. The van der Waals surface area contributed by atoms with Gasteiger partial charge in [-0.05, 0) is 73.9 Å². The summed E-state index contributed by atoms with van der Waals surface area (Å²) in [7, 11) is 0. The molecule has 2 aromatic rings. The third-order valence-electron chi connectivity index (χ3n) is 9.21. The largest absolute Gasteiger partial charge is 0.507 e. The molecule has 278 valence electrons. The van der Waals surface area contributed by atoms with Crippen molar-refractivity contribution >= 4 is 23.6 Å². The summed E-state index contributed by atoms with van der Waals surface area (Å²) >= 11 is 0. The van der Waals surface area contributed by atoms with Crippen LogP contribution in [0.5, 0.6) is 11.5 Å². The Morgan fingerprint density at radius 3 is 1.44 bits per heavy atom. The first-order valence-corrected chi connectivity index (χ1v) is 18.9. The highest BCUT2D eigenvalue weighted by molar-refractivity contribution is 5.99. The Kier molecular flexibility index (Phi) is 20.3. The highest BCUT2D eigenvalue weighted by atomic mass is 16.3. The molecule has 6 N–H and O–H groups in total. The lowest BCUT2D eigenvalue weighted by molar-refractivity contribution is -0.129. The van der Waals surface area contributed by atoms with E-state index in [-0.39, 0.29) is 29.0 Å². The van der Waals surface area contributed by atoms with Crippen molar-refractivity contribution < 1.29 is 29.4 Å². The maximum Gasteiger partial charge on any atom is 0.273 e. The third-order valence-corrected chi connectivity index (χ3v) is 9.21. The topological polar surface area (TPSA) is 157 Å². The predicted octanol–water partition coefficient (Wildman–Crippen LogP) is 7.96. The lowest BCUT2D eigenvalue weighted by Gasteiger charge is -2.21. The Balaban J connectivity index is 1.96. The van der Waals surface area contributed by atoms with Gasteiger partial charge in [-0.1, -0.05) is 117 Å². The number of nitrogens with one attached hydrogen (secondary N) is 4. The van der Waals surface area contributed by atoms with Gasteiger partial charge in [-0.3, -0.25) is 40.9 Å². The summed E-state index contributed by atoms with van der Waals surface area (Å²) in [5.74, 6) is -3.72. The first kappa shape index (κ1) is 42.1. The lowest BCUT2D eigenvalue weighted by Crippen LogP contribution is -2.47. The number of phenolic OH excluding ortho intramolecular Hbond substituents is 2. The van der Waals surface area contributed by atoms with Crippen molar-refractivity contribution in [2.75, 3.05) is 0 Å². The molecule has 2 aromatic carbocycles. The number of amides is 4. The maximum absolute atomic E-state index is 13.3. The fourth-order valence-electron chi connectivity index (χ4n) is 6.01. The third kappa shape index (κ3) is 15.6. The van der Waals surface area contributed by atoms with E-state index in [2.05, 4.69) is 42.5 Å². The average Bonchev–Trinajstić information content (AvgIpc) is 3.11. The SMILES string of the molecule is CCCCCCCc1ccc(O)c(C(=O)NNC(=O)C(C)CC(CCCCCC)C(=O)NNC(=O)c2cc(CCCCCCC)ccc2O)c1. The molecule has 2 atom stereocenters. The van der Waals surface area contributed by atoms with E-state index < -0.39 is 35.5 Å². The smallest absolute Gasteiger partial charge is 0.273 e. The number of carbonyl (C=O) groups excluding carboxylic acids is 4. The highest BCUT2D eigenvalue weighted by Gasteiger charge is 2.26. The molecule has 0 radical (unpaired) electrons. The Morgan fingerprint density at radius 2 is 0.980 bits per heavy atom. The normalized spacial score (nSPS) is 12.2. The van der Waals surface area contributed by atoms with Crippen molar-refractivity contribution in [1.29, 1.82) is 0 Å². The predicted molar refractivity (Wildman–Crippen MR) is 198 cm³/mol. The molecule has 50 heavy (non-hydrogen) atoms. The summed E-state index contributed by atoms with van der Waals surface area (Å²) in [6.07, 6.45) is 17.3. The Labute approximate surface area is 299 Å². The Hall–Kier alpha value is -4.08. The number of hydrogen-bond acceptors (Lipinski definition) is 6. The molecule has 10 heteroatoms. The molecule has 0 aliphatic carbocycles. The van der Waals surface area contributed by atoms with Crippen LogP contribution in [0, 0.1) is 11.8 Å². The maximum atomic E-state index is 13.3. The van der Waals surface area contributed by atoms with Crippen LogP contribution in [-0.4, -0.2) is 33.8 Å². The quantitative estimate of drug-likeness (QED) is 0.0512. The first-order valence-electron chi connectivity index (χ1n) is 18.9. The van der Waals surface area contributed by atoms with E-state index in [1.54, 1.807) is 25.1 Å². The number of rotatable bonds is 23. The summed E-state index contributed by atoms with van der Waals surface area (Å²) in [5.41, 5.74) is 11.8. The standard InChI is InChI=1S/C40H62N4O6/c1-5-8-11-14-16-19-30-22-24-35(45)33(27-30)39(49)43-41-37(47)29(4)26-32(21-18-13-10-7-3)38(48)42-44-40(50)34-28-31(23-25-36(34)46)20-17-15-12-9-6-2/h22-25,27-29,32,45-46H,5-21,26H2,1-4H3,(H,41,47)(H,42,48)(H,43,49)(H,44,50). The van der Waals surface area contributed by atoms with Crippen molar-refractivity contribution in [3.63, 3.8) is 0 Å². The van der Waals surface area contributed by atoms with Crippen LogP contribution in [0.1, 0.15) is 162 Å². The van der Waals surface area contributed by atoms with Gasteiger partial charge in [0.15, 0.2) is 0 Å². The van der Waals surface area contributed by atoms with Crippen molar-refractivity contribution in [2.45, 2.75) is 143 Å². The second-order valence-corrected chi connectivity index (χ2v) is 13.6. The van der Waals surface area contributed by atoms with Gasteiger partial charge < -0.3 is 10.2 Å². The van der Waals surface area contributed by atoms with E-state index in [0.717, 1.165) is 75.3 Å². The fraction of sp³-hybridized carbons (Fsp3) is 0.600. The molecule has 0 saturated heterocycles. The molecule has 2 unspecified atom stereocenters. The zero-order valence-corrected chi connectivity index (χ0v) is 30.9. The van der Waals surface area contributed by atoms with Crippen LogP contribution < -0.4 is 21.7 Å². The van der Waals surface area contributed by atoms with Gasteiger partial charge in [0.1, 0.15) is 11.5 Å². The molecule has 10 nitrogen and oxygen atoms in total. The number of hydrazine groups is 2. The van der Waals surface area contributed by atoms with Crippen molar-refractivity contribution in [2.24, 2.45) is 11.8 Å². The minimum absolute atomic E-state index is 0.0801. The van der Waals surface area contributed by atoms with Crippen LogP contribution in [0.4, 0.5) is 0 Å². The molecular weight excluding hydrogens is 632 g/mol. The van der Waals surface area contributed by atoms with Gasteiger partial charge in [-0.2, -0.15) is 0 Å². The molecule has 0 spiro atoms. The van der Waals surface area contributed by atoms with Crippen LogP contribution in [0.15, 0.2) is 36.4 Å². The molecule has 0 saturated carbocycles. The van der Waals surface area contributed by atoms with Crippen LogP contribution >= 0.6 is 0 Å². The van der Waals surface area contributed by atoms with E-state index in [9.17, 15) is 29.4 Å². The zero-order chi connectivity index (χ0) is 36.7. The van der Waals surface area contributed by atoms with Gasteiger partial charge in [-0.15, -0.1) is 0 Å². The summed E-state index contributed by atoms with van der Waals surface area (Å²) in [6.45, 7) is 8.11. The number of carbonyl (C=O) groups is 4. The van der Waals surface area contributed by atoms with Crippen LogP contribution in [0.25, 0.3) is 0 Å². The van der Waals surface area contributed by atoms with Crippen molar-refractivity contribution in [3.8, 4) is 11.5 Å². The molecule has 0 aliphatic rings. The average molecular weight is 695 g/mol. The molecule has 0 aliphatic heterocycles. The summed E-state index contributed by atoms with van der Waals surface area (Å²) < 4.78 is 0. The molecule has 0 bridgehead atoms. The van der Waals surface area contributed by atoms with Gasteiger partial charge in [0.05, 0.1) is 11.1 Å². The van der Waals surface area contributed by atoms with Crippen molar-refractivity contribution in [1.82, 2.24) is 21.7 Å². The van der Waals surface area contributed by atoms with E-state index >= 15 is 0 Å². The fourth-order valence-corrected chi connectivity index (χ4v) is 6.01. The molecule has 0 fully saturated rings. The number of benzene rings is 2. The monoisotopic (exact) mass is 694 g/mol. The van der Waals surface area contributed by atoms with Crippen LogP contribution in [-0.2, 0) is 22.4 Å². The molecule has 2 rings (SSSR count). The van der Waals surface area contributed by atoms with Gasteiger partial charge in [0, 0.05) is 11.8 Å². The van der Waals surface area contributed by atoms with E-state index in [1.165, 1.54) is 50.7 Å². The Morgan fingerprint density at radius 1 is 0.560 bits per heavy atom. The van der Waals surface area contributed by atoms with Gasteiger partial charge in [-0.25, -0.2) is 0 Å². The lowest BCUT2D eigenvalue weighted by atomic mass is 9.90. The van der Waals surface area contributed by atoms with Gasteiger partial charge >= 0.3 is 0 Å². The number of phenols is 2. The number of aromatic hydroxyl groups is 2. The van der Waals surface area contributed by atoms with Gasteiger partial charge in [0.25, 0.3) is 11.8 Å². The van der Waals surface area contributed by atoms with Crippen LogP contribution in [0.3, 0.4) is 0 Å².